The topological polar surface area (TPSA) is 6.48 Å². The molecule has 2 nitrogen and oxygen atoms in total. The third-order valence-corrected chi connectivity index (χ3v) is 2.18. The van der Waals surface area contributed by atoms with Crippen molar-refractivity contribution in [3.05, 3.63) is 0 Å². The third-order valence-electron chi connectivity index (χ3n) is 2.18. The van der Waals surface area contributed by atoms with Crippen LogP contribution in [0.4, 0.5) is 13.2 Å². The van der Waals surface area contributed by atoms with Crippen LogP contribution in [-0.4, -0.2) is 55.2 Å². The highest BCUT2D eigenvalue weighted by Gasteiger charge is 2.31. The van der Waals surface area contributed by atoms with Crippen LogP contribution in [0.3, 0.4) is 0 Å². The molecule has 1 aliphatic heterocycles. The van der Waals surface area contributed by atoms with E-state index in [1.54, 1.807) is 0 Å². The van der Waals surface area contributed by atoms with E-state index in [2.05, 4.69) is 5.92 Å². The van der Waals surface area contributed by atoms with Gasteiger partial charge in [0, 0.05) is 26.2 Å². The maximum absolute atomic E-state index is 12.0. The molecule has 0 saturated carbocycles. The Bertz CT molecular complexity index is 211. The molecule has 0 amide bonds. The molecule has 0 spiro atoms. The Hall–Kier alpha value is -0.730. The second-order valence-electron chi connectivity index (χ2n) is 3.37. The van der Waals surface area contributed by atoms with Gasteiger partial charge in [-0.15, -0.1) is 6.42 Å². The standard InChI is InChI=1S/C9H13F3N2/c1-2-3-13-4-6-14(7-5-13)8-9(10,11)12/h1H,3-8H2. The zero-order valence-corrected chi connectivity index (χ0v) is 7.85. The normalized spacial score (nSPS) is 20.7. The predicted octanol–water partition coefficient (Wildman–Crippen LogP) is 0.800. The Kier molecular flexibility index (Phi) is 3.78. The lowest BCUT2D eigenvalue weighted by atomic mass is 10.3. The lowest BCUT2D eigenvalue weighted by Crippen LogP contribution is -2.49. The van der Waals surface area contributed by atoms with E-state index in [1.807, 2.05) is 4.90 Å². The van der Waals surface area contributed by atoms with Crippen LogP contribution in [0.1, 0.15) is 0 Å². The Labute approximate surface area is 81.7 Å². The van der Waals surface area contributed by atoms with Crippen LogP contribution in [0.5, 0.6) is 0 Å². The zero-order chi connectivity index (χ0) is 10.6. The SMILES string of the molecule is C#CCN1CCN(CC(F)(F)F)CC1. The van der Waals surface area contributed by atoms with Gasteiger partial charge in [0.1, 0.15) is 0 Å². The lowest BCUT2D eigenvalue weighted by Gasteiger charge is -2.33. The summed E-state index contributed by atoms with van der Waals surface area (Å²) < 4.78 is 36.0. The summed E-state index contributed by atoms with van der Waals surface area (Å²) >= 11 is 0. The van der Waals surface area contributed by atoms with Crippen molar-refractivity contribution in [1.82, 2.24) is 9.80 Å². The summed E-state index contributed by atoms with van der Waals surface area (Å²) in [6, 6.07) is 0. The molecule has 14 heavy (non-hydrogen) atoms. The molecule has 1 rings (SSSR count). The van der Waals surface area contributed by atoms with Gasteiger partial charge in [-0.3, -0.25) is 9.80 Å². The average Bonchev–Trinajstić information content (AvgIpc) is 2.06. The molecular weight excluding hydrogens is 193 g/mol. The van der Waals surface area contributed by atoms with E-state index in [4.69, 9.17) is 6.42 Å². The second kappa shape index (κ2) is 4.67. The highest BCUT2D eigenvalue weighted by Crippen LogP contribution is 2.17. The van der Waals surface area contributed by atoms with E-state index < -0.39 is 12.7 Å². The predicted molar refractivity (Wildman–Crippen MR) is 47.8 cm³/mol. The maximum atomic E-state index is 12.0. The fourth-order valence-corrected chi connectivity index (χ4v) is 1.49. The van der Waals surface area contributed by atoms with E-state index >= 15 is 0 Å². The summed E-state index contributed by atoms with van der Waals surface area (Å²) in [7, 11) is 0. The Balaban J connectivity index is 2.26. The van der Waals surface area contributed by atoms with Crippen LogP contribution in [0.25, 0.3) is 0 Å². The molecule has 0 radical (unpaired) electrons. The molecule has 0 aromatic rings. The van der Waals surface area contributed by atoms with Crippen molar-refractivity contribution in [1.29, 1.82) is 0 Å². The Morgan fingerprint density at radius 3 is 2.00 bits per heavy atom. The van der Waals surface area contributed by atoms with Gasteiger partial charge in [0.25, 0.3) is 0 Å². The molecule has 0 aromatic heterocycles. The fraction of sp³-hybridized carbons (Fsp3) is 0.778. The molecule has 0 aromatic carbocycles. The number of hydrogen-bond donors (Lipinski definition) is 0. The van der Waals surface area contributed by atoms with Crippen LogP contribution >= 0.6 is 0 Å². The number of halogens is 3. The van der Waals surface area contributed by atoms with Crippen molar-refractivity contribution in [2.24, 2.45) is 0 Å². The van der Waals surface area contributed by atoms with Gasteiger partial charge >= 0.3 is 6.18 Å². The van der Waals surface area contributed by atoms with Crippen LogP contribution in [0.2, 0.25) is 0 Å². The number of alkyl halides is 3. The molecule has 1 fully saturated rings. The molecule has 0 N–H and O–H groups in total. The molecule has 1 heterocycles. The maximum Gasteiger partial charge on any atom is 0.401 e. The summed E-state index contributed by atoms with van der Waals surface area (Å²) in [5, 5.41) is 0. The van der Waals surface area contributed by atoms with Crippen molar-refractivity contribution in [3.63, 3.8) is 0 Å². The van der Waals surface area contributed by atoms with Gasteiger partial charge in [-0.2, -0.15) is 13.2 Å². The summed E-state index contributed by atoms with van der Waals surface area (Å²) in [5.41, 5.74) is 0. The van der Waals surface area contributed by atoms with Crippen LogP contribution in [0, 0.1) is 12.3 Å². The highest BCUT2D eigenvalue weighted by molar-refractivity contribution is 4.89. The van der Waals surface area contributed by atoms with Crippen molar-refractivity contribution in [3.8, 4) is 12.3 Å². The van der Waals surface area contributed by atoms with Gasteiger partial charge < -0.3 is 0 Å². The molecular formula is C9H13F3N2. The molecule has 1 aliphatic rings. The van der Waals surface area contributed by atoms with Crippen LogP contribution in [-0.2, 0) is 0 Å². The summed E-state index contributed by atoms with van der Waals surface area (Å²) in [6.07, 6.45) is 1.02. The lowest BCUT2D eigenvalue weighted by molar-refractivity contribution is -0.149. The quantitative estimate of drug-likeness (QED) is 0.617. The highest BCUT2D eigenvalue weighted by atomic mass is 19.4. The minimum absolute atomic E-state index is 0.446. The molecule has 0 bridgehead atoms. The molecule has 0 aliphatic carbocycles. The molecule has 1 saturated heterocycles. The van der Waals surface area contributed by atoms with E-state index in [1.165, 1.54) is 4.90 Å². The van der Waals surface area contributed by atoms with Crippen molar-refractivity contribution >= 4 is 0 Å². The molecule has 0 atom stereocenters. The van der Waals surface area contributed by atoms with Gasteiger partial charge in [0.2, 0.25) is 0 Å². The zero-order valence-electron chi connectivity index (χ0n) is 7.85. The minimum atomic E-state index is -4.09. The number of rotatable bonds is 2. The first-order chi connectivity index (χ1) is 6.51. The Morgan fingerprint density at radius 2 is 1.57 bits per heavy atom. The van der Waals surface area contributed by atoms with Crippen LogP contribution < -0.4 is 0 Å². The monoisotopic (exact) mass is 206 g/mol. The van der Waals surface area contributed by atoms with E-state index in [-0.39, 0.29) is 0 Å². The first-order valence-corrected chi connectivity index (χ1v) is 4.46. The van der Waals surface area contributed by atoms with Crippen molar-refractivity contribution in [2.45, 2.75) is 6.18 Å². The van der Waals surface area contributed by atoms with Crippen molar-refractivity contribution < 1.29 is 13.2 Å². The van der Waals surface area contributed by atoms with Gasteiger partial charge in [-0.1, -0.05) is 5.92 Å². The van der Waals surface area contributed by atoms with Crippen LogP contribution in [0.15, 0.2) is 0 Å². The molecule has 80 valence electrons. The van der Waals surface area contributed by atoms with Gasteiger partial charge in [0.15, 0.2) is 0 Å². The van der Waals surface area contributed by atoms with Gasteiger partial charge in [-0.25, -0.2) is 0 Å². The van der Waals surface area contributed by atoms with E-state index in [0.29, 0.717) is 32.7 Å². The smallest absolute Gasteiger partial charge is 0.292 e. The second-order valence-corrected chi connectivity index (χ2v) is 3.37. The van der Waals surface area contributed by atoms with Gasteiger partial charge in [-0.05, 0) is 0 Å². The molecule has 5 heteroatoms. The fourth-order valence-electron chi connectivity index (χ4n) is 1.49. The van der Waals surface area contributed by atoms with E-state index in [0.717, 1.165) is 0 Å². The number of terminal acetylenes is 1. The third kappa shape index (κ3) is 3.99. The van der Waals surface area contributed by atoms with E-state index in [9.17, 15) is 13.2 Å². The van der Waals surface area contributed by atoms with Gasteiger partial charge in [0.05, 0.1) is 13.1 Å². The average molecular weight is 206 g/mol. The minimum Gasteiger partial charge on any atom is -0.292 e. The molecule has 0 unspecified atom stereocenters. The Morgan fingerprint density at radius 1 is 1.07 bits per heavy atom. The number of nitrogens with zero attached hydrogens (tertiary/aromatic N) is 2. The van der Waals surface area contributed by atoms with Crippen molar-refractivity contribution in [2.75, 3.05) is 39.3 Å². The number of piperazine rings is 1. The number of hydrogen-bond acceptors (Lipinski definition) is 2. The summed E-state index contributed by atoms with van der Waals surface area (Å²) in [4.78, 5) is 3.39. The first-order valence-electron chi connectivity index (χ1n) is 4.46. The summed E-state index contributed by atoms with van der Waals surface area (Å²) in [6.45, 7) is 1.86. The largest absolute Gasteiger partial charge is 0.401 e. The summed E-state index contributed by atoms with van der Waals surface area (Å²) in [5.74, 6) is 2.49. The first kappa shape index (κ1) is 11.3.